The second-order valence-electron chi connectivity index (χ2n) is 6.31. The Morgan fingerprint density at radius 3 is 2.35 bits per heavy atom. The Morgan fingerprint density at radius 1 is 1.04 bits per heavy atom. The Bertz CT molecular complexity index is 673. The van der Waals surface area contributed by atoms with E-state index in [9.17, 15) is 0 Å². The average molecular weight is 307 g/mol. The molecule has 0 aromatic heterocycles. The predicted octanol–water partition coefficient (Wildman–Crippen LogP) is 3.97. The number of fused-ring (bicyclic) bond motifs is 1. The Balaban J connectivity index is 1.71. The first kappa shape index (κ1) is 14.6. The second kappa shape index (κ2) is 5.93. The van der Waals surface area contributed by atoms with Crippen LogP contribution in [0.25, 0.3) is 0 Å². The Labute approximate surface area is 136 Å². The van der Waals surface area contributed by atoms with Crippen LogP contribution in [0.4, 0.5) is 0 Å². The van der Waals surface area contributed by atoms with Gasteiger partial charge in [0, 0.05) is 5.92 Å². The molecule has 4 atom stereocenters. The van der Waals surface area contributed by atoms with Crippen LogP contribution in [-0.4, -0.2) is 12.1 Å². The van der Waals surface area contributed by atoms with Gasteiger partial charge < -0.3 is 4.74 Å². The third-order valence-electron chi connectivity index (χ3n) is 5.03. The first-order chi connectivity index (χ1) is 11.3. The highest BCUT2D eigenvalue weighted by Gasteiger charge is 2.59. The molecule has 2 aromatic carbocycles. The number of rotatable bonds is 4. The number of hydrogen-bond donors (Lipinski definition) is 1. The van der Waals surface area contributed by atoms with E-state index in [1.165, 1.54) is 11.1 Å². The monoisotopic (exact) mass is 307 g/mol. The minimum atomic E-state index is -0.260. The quantitative estimate of drug-likeness (QED) is 0.867. The molecule has 1 N–H and O–H groups in total. The maximum atomic E-state index is 6.22. The minimum absolute atomic E-state index is 0.00450. The average Bonchev–Trinajstić information content (AvgIpc) is 3.13. The summed E-state index contributed by atoms with van der Waals surface area (Å²) in [5.74, 6) is 0.258. The number of hydrogen-bond acceptors (Lipinski definition) is 3. The van der Waals surface area contributed by atoms with Crippen LogP contribution >= 0.6 is 0 Å². The van der Waals surface area contributed by atoms with Crippen molar-refractivity contribution in [2.24, 2.45) is 5.92 Å². The third kappa shape index (κ3) is 2.32. The number of benzene rings is 2. The lowest BCUT2D eigenvalue weighted by molar-refractivity contribution is -0.0468. The van der Waals surface area contributed by atoms with Gasteiger partial charge in [0.2, 0.25) is 0 Å². The van der Waals surface area contributed by atoms with E-state index < -0.39 is 0 Å². The Kier molecular flexibility index (Phi) is 3.77. The van der Waals surface area contributed by atoms with Gasteiger partial charge in [-0.15, -0.1) is 6.58 Å². The van der Waals surface area contributed by atoms with Crippen LogP contribution in [-0.2, 0) is 9.57 Å². The van der Waals surface area contributed by atoms with Crippen LogP contribution in [0.1, 0.15) is 29.8 Å². The number of hydroxylamine groups is 1. The second-order valence-corrected chi connectivity index (χ2v) is 6.31. The molecule has 2 aliphatic rings. The summed E-state index contributed by atoms with van der Waals surface area (Å²) in [6, 6.07) is 20.7. The van der Waals surface area contributed by atoms with Crippen LogP contribution in [0.5, 0.6) is 0 Å². The highest BCUT2D eigenvalue weighted by molar-refractivity contribution is 5.29. The number of ether oxygens (including phenoxy) is 1. The van der Waals surface area contributed by atoms with Crippen molar-refractivity contribution in [2.75, 3.05) is 6.61 Å². The molecule has 2 aromatic rings. The highest BCUT2D eigenvalue weighted by atomic mass is 16.7. The molecular formula is C20H21NO2. The molecule has 23 heavy (non-hydrogen) atoms. The smallest absolute Gasteiger partial charge is 0.111 e. The van der Waals surface area contributed by atoms with Crippen LogP contribution in [0, 0.1) is 5.92 Å². The van der Waals surface area contributed by atoms with E-state index in [0.29, 0.717) is 6.61 Å². The van der Waals surface area contributed by atoms with Crippen LogP contribution in [0.15, 0.2) is 73.3 Å². The van der Waals surface area contributed by atoms with Gasteiger partial charge in [-0.1, -0.05) is 66.7 Å². The zero-order valence-electron chi connectivity index (χ0n) is 13.0. The minimum Gasteiger partial charge on any atom is -0.371 e. The van der Waals surface area contributed by atoms with E-state index in [1.54, 1.807) is 0 Å². The summed E-state index contributed by atoms with van der Waals surface area (Å²) in [6.45, 7) is 4.63. The molecular weight excluding hydrogens is 286 g/mol. The fraction of sp³-hybridized carbons (Fsp3) is 0.300. The van der Waals surface area contributed by atoms with E-state index in [-0.39, 0.29) is 23.7 Å². The summed E-state index contributed by atoms with van der Waals surface area (Å²) in [6.07, 6.45) is 2.74. The van der Waals surface area contributed by atoms with E-state index in [0.717, 1.165) is 6.42 Å². The van der Waals surface area contributed by atoms with Gasteiger partial charge in [0.1, 0.15) is 12.2 Å². The molecule has 2 heterocycles. The fourth-order valence-corrected chi connectivity index (χ4v) is 3.94. The van der Waals surface area contributed by atoms with Gasteiger partial charge in [-0.3, -0.25) is 4.84 Å². The van der Waals surface area contributed by atoms with Gasteiger partial charge in [-0.05, 0) is 17.5 Å². The van der Waals surface area contributed by atoms with Crippen molar-refractivity contribution in [1.29, 1.82) is 0 Å². The normalized spacial score (nSPS) is 32.6. The van der Waals surface area contributed by atoms with Crippen molar-refractivity contribution in [3.63, 3.8) is 0 Å². The van der Waals surface area contributed by atoms with Crippen LogP contribution < -0.4 is 5.48 Å². The van der Waals surface area contributed by atoms with E-state index in [2.05, 4.69) is 60.6 Å². The molecule has 0 unspecified atom stereocenters. The zero-order chi connectivity index (χ0) is 15.7. The largest absolute Gasteiger partial charge is 0.371 e. The molecule has 0 spiro atoms. The summed E-state index contributed by atoms with van der Waals surface area (Å²) < 4.78 is 6.22. The lowest BCUT2D eigenvalue weighted by atomic mass is 9.75. The summed E-state index contributed by atoms with van der Waals surface area (Å²) in [4.78, 5) is 6.04. The van der Waals surface area contributed by atoms with Gasteiger partial charge >= 0.3 is 0 Å². The lowest BCUT2D eigenvalue weighted by Gasteiger charge is -2.32. The van der Waals surface area contributed by atoms with Gasteiger partial charge in [-0.25, -0.2) is 0 Å². The standard InChI is InChI=1S/C20H21NO2/c1-2-13-20-17(14-22-19(20)16-11-7-4-8-12-16)18(23-21-20)15-9-5-3-6-10-15/h2-12,17-19,21H,1,13-14H2/t17-,18-,19-,20+/m1/s1. The molecule has 4 rings (SSSR count). The molecule has 2 aliphatic heterocycles. The summed E-state index contributed by atoms with van der Waals surface area (Å²) in [5.41, 5.74) is 5.44. The maximum Gasteiger partial charge on any atom is 0.111 e. The van der Waals surface area contributed by atoms with Gasteiger partial charge in [0.05, 0.1) is 12.1 Å². The van der Waals surface area contributed by atoms with Crippen molar-refractivity contribution in [3.05, 3.63) is 84.4 Å². The van der Waals surface area contributed by atoms with Gasteiger partial charge in [-0.2, -0.15) is 5.48 Å². The Morgan fingerprint density at radius 2 is 1.70 bits per heavy atom. The summed E-state index contributed by atoms with van der Waals surface area (Å²) in [7, 11) is 0. The van der Waals surface area contributed by atoms with Gasteiger partial charge in [0.25, 0.3) is 0 Å². The van der Waals surface area contributed by atoms with Crippen molar-refractivity contribution in [1.82, 2.24) is 5.48 Å². The molecule has 0 aliphatic carbocycles. The van der Waals surface area contributed by atoms with E-state index >= 15 is 0 Å². The van der Waals surface area contributed by atoms with Crippen molar-refractivity contribution < 1.29 is 9.57 Å². The molecule has 118 valence electrons. The molecule has 2 fully saturated rings. The molecule has 0 amide bonds. The first-order valence-electron chi connectivity index (χ1n) is 8.10. The molecule has 3 nitrogen and oxygen atoms in total. The van der Waals surface area contributed by atoms with Crippen LogP contribution in [0.3, 0.4) is 0 Å². The lowest BCUT2D eigenvalue weighted by Crippen LogP contribution is -2.46. The first-order valence-corrected chi connectivity index (χ1v) is 8.10. The van der Waals surface area contributed by atoms with Crippen LogP contribution in [0.2, 0.25) is 0 Å². The molecule has 0 saturated carbocycles. The van der Waals surface area contributed by atoms with Crippen molar-refractivity contribution >= 4 is 0 Å². The zero-order valence-corrected chi connectivity index (χ0v) is 13.0. The topological polar surface area (TPSA) is 30.5 Å². The summed E-state index contributed by atoms with van der Waals surface area (Å²) >= 11 is 0. The van der Waals surface area contributed by atoms with Gasteiger partial charge in [0.15, 0.2) is 0 Å². The van der Waals surface area contributed by atoms with E-state index in [1.807, 2.05) is 18.2 Å². The summed E-state index contributed by atoms with van der Waals surface area (Å²) in [5, 5.41) is 0. The molecule has 3 heteroatoms. The number of nitrogens with one attached hydrogen (secondary N) is 1. The van der Waals surface area contributed by atoms with E-state index in [4.69, 9.17) is 9.57 Å². The predicted molar refractivity (Wildman–Crippen MR) is 89.6 cm³/mol. The molecule has 0 bridgehead atoms. The highest BCUT2D eigenvalue weighted by Crippen LogP contribution is 2.53. The SMILES string of the molecule is C=CC[C@]12NO[C@H](c3ccccc3)[C@H]1CO[C@@H]2c1ccccc1. The van der Waals surface area contributed by atoms with Crippen molar-refractivity contribution in [3.8, 4) is 0 Å². The molecule has 0 radical (unpaired) electrons. The Hall–Kier alpha value is -1.94. The fourth-order valence-electron chi connectivity index (χ4n) is 3.94. The third-order valence-corrected chi connectivity index (χ3v) is 5.03. The van der Waals surface area contributed by atoms with Crippen molar-refractivity contribution in [2.45, 2.75) is 24.2 Å². The maximum absolute atomic E-state index is 6.22. The molecule has 2 saturated heterocycles.